The predicted octanol–water partition coefficient (Wildman–Crippen LogP) is 5.71. The van der Waals surface area contributed by atoms with Crippen molar-refractivity contribution in [2.45, 2.75) is 39.0 Å². The number of aldehydes is 1. The second kappa shape index (κ2) is 6.63. The number of rotatable bonds is 2. The van der Waals surface area contributed by atoms with Crippen LogP contribution in [-0.4, -0.2) is 22.9 Å². The minimum absolute atomic E-state index is 0.398. The van der Waals surface area contributed by atoms with Crippen LogP contribution < -0.4 is 0 Å². The molecule has 25 heavy (non-hydrogen) atoms. The summed E-state index contributed by atoms with van der Waals surface area (Å²) in [5.74, 6) is 0. The lowest BCUT2D eigenvalue weighted by molar-refractivity contribution is 0.0203. The molecule has 1 aliphatic heterocycles. The summed E-state index contributed by atoms with van der Waals surface area (Å²) in [6, 6.07) is 6.82. The fourth-order valence-electron chi connectivity index (χ4n) is 2.88. The number of hydrogen-bond acceptors (Lipinski definition) is 4. The summed E-state index contributed by atoms with van der Waals surface area (Å²) in [5, 5.41) is 0.580. The SMILES string of the molecule is CC(C)(C)OC(=O)N1Cc2ccc(Cl)cc2C1c1cc(C=O)sc1Cl. The molecule has 1 aromatic carbocycles. The van der Waals surface area contributed by atoms with Gasteiger partial charge in [-0.25, -0.2) is 4.79 Å². The van der Waals surface area contributed by atoms with Gasteiger partial charge in [-0.2, -0.15) is 0 Å². The number of hydrogen-bond donors (Lipinski definition) is 0. The first-order chi connectivity index (χ1) is 11.7. The van der Waals surface area contributed by atoms with Crippen molar-refractivity contribution in [3.05, 3.63) is 55.2 Å². The Kier molecular flexibility index (Phi) is 4.84. The number of carbonyl (C=O) groups is 2. The Morgan fingerprint density at radius 2 is 2.00 bits per heavy atom. The molecule has 132 valence electrons. The lowest BCUT2D eigenvalue weighted by Gasteiger charge is -2.29. The average molecular weight is 398 g/mol. The molecule has 0 saturated heterocycles. The summed E-state index contributed by atoms with van der Waals surface area (Å²) in [7, 11) is 0. The van der Waals surface area contributed by atoms with Crippen LogP contribution in [0.5, 0.6) is 0 Å². The van der Waals surface area contributed by atoms with Crippen LogP contribution in [0.1, 0.15) is 53.2 Å². The zero-order chi connectivity index (χ0) is 18.4. The maximum Gasteiger partial charge on any atom is 0.411 e. The van der Waals surface area contributed by atoms with E-state index in [1.807, 2.05) is 32.9 Å². The fourth-order valence-corrected chi connectivity index (χ4v) is 4.21. The third-order valence-corrected chi connectivity index (χ3v) is 5.38. The number of amides is 1. The number of carbonyl (C=O) groups excluding carboxylic acids is 2. The molecule has 0 N–H and O–H groups in total. The van der Waals surface area contributed by atoms with Crippen molar-refractivity contribution in [2.24, 2.45) is 0 Å². The van der Waals surface area contributed by atoms with Crippen molar-refractivity contribution in [3.63, 3.8) is 0 Å². The molecule has 2 aromatic rings. The lowest BCUT2D eigenvalue weighted by Crippen LogP contribution is -2.36. The number of ether oxygens (including phenoxy) is 1. The van der Waals surface area contributed by atoms with Gasteiger partial charge >= 0.3 is 6.09 Å². The molecule has 1 amide bonds. The first kappa shape index (κ1) is 18.2. The lowest BCUT2D eigenvalue weighted by atomic mass is 10.00. The standard InChI is InChI=1S/C18H17Cl2NO3S/c1-18(2,3)24-17(23)21-8-10-4-5-11(19)6-13(10)15(21)14-7-12(9-22)25-16(14)20/h4-7,9,15H,8H2,1-3H3. The summed E-state index contributed by atoms with van der Waals surface area (Å²) < 4.78 is 6.03. The number of benzene rings is 1. The van der Waals surface area contributed by atoms with Gasteiger partial charge in [-0.05, 0) is 50.1 Å². The van der Waals surface area contributed by atoms with E-state index in [2.05, 4.69) is 0 Å². The highest BCUT2D eigenvalue weighted by molar-refractivity contribution is 7.17. The van der Waals surface area contributed by atoms with E-state index in [1.165, 1.54) is 11.3 Å². The molecule has 1 unspecified atom stereocenters. The average Bonchev–Trinajstić information content (AvgIpc) is 3.05. The second-order valence-electron chi connectivity index (χ2n) is 6.85. The number of halogens is 2. The first-order valence-electron chi connectivity index (χ1n) is 7.72. The number of fused-ring (bicyclic) bond motifs is 1. The van der Waals surface area contributed by atoms with Crippen molar-refractivity contribution >= 4 is 46.9 Å². The second-order valence-corrected chi connectivity index (χ2v) is 8.97. The van der Waals surface area contributed by atoms with Gasteiger partial charge in [0.15, 0.2) is 6.29 Å². The van der Waals surface area contributed by atoms with Gasteiger partial charge in [0.05, 0.1) is 21.8 Å². The molecule has 0 radical (unpaired) electrons. The van der Waals surface area contributed by atoms with Crippen molar-refractivity contribution < 1.29 is 14.3 Å². The van der Waals surface area contributed by atoms with Crippen LogP contribution in [0.15, 0.2) is 24.3 Å². The van der Waals surface area contributed by atoms with Gasteiger partial charge in [-0.1, -0.05) is 29.3 Å². The van der Waals surface area contributed by atoms with Gasteiger partial charge in [0.2, 0.25) is 0 Å². The highest BCUT2D eigenvalue weighted by atomic mass is 35.5. The van der Waals surface area contributed by atoms with Crippen LogP contribution in [-0.2, 0) is 11.3 Å². The first-order valence-corrected chi connectivity index (χ1v) is 9.29. The van der Waals surface area contributed by atoms with E-state index in [4.69, 9.17) is 27.9 Å². The normalized spacial score (nSPS) is 16.7. The van der Waals surface area contributed by atoms with Crippen LogP contribution in [0.3, 0.4) is 0 Å². The van der Waals surface area contributed by atoms with E-state index < -0.39 is 17.7 Å². The highest BCUT2D eigenvalue weighted by Crippen LogP contribution is 2.45. The van der Waals surface area contributed by atoms with Crippen LogP contribution in [0.2, 0.25) is 9.36 Å². The van der Waals surface area contributed by atoms with Gasteiger partial charge in [0, 0.05) is 10.6 Å². The fraction of sp³-hybridized carbons (Fsp3) is 0.333. The molecule has 0 bridgehead atoms. The third-order valence-electron chi connectivity index (χ3n) is 3.83. The largest absolute Gasteiger partial charge is 0.444 e. The van der Waals surface area contributed by atoms with Gasteiger partial charge < -0.3 is 4.74 Å². The van der Waals surface area contributed by atoms with E-state index in [-0.39, 0.29) is 0 Å². The Labute approximate surface area is 160 Å². The maximum absolute atomic E-state index is 12.7. The van der Waals surface area contributed by atoms with Gasteiger partial charge in [0.1, 0.15) is 5.60 Å². The van der Waals surface area contributed by atoms with Crippen molar-refractivity contribution in [1.29, 1.82) is 0 Å². The molecular formula is C18H17Cl2NO3S. The van der Waals surface area contributed by atoms with E-state index in [1.54, 1.807) is 17.0 Å². The van der Waals surface area contributed by atoms with Crippen molar-refractivity contribution in [2.75, 3.05) is 0 Å². The molecule has 4 nitrogen and oxygen atoms in total. The van der Waals surface area contributed by atoms with E-state index in [9.17, 15) is 9.59 Å². The Bertz CT molecular complexity index is 841. The van der Waals surface area contributed by atoms with Crippen LogP contribution in [0.4, 0.5) is 4.79 Å². The predicted molar refractivity (Wildman–Crippen MR) is 99.8 cm³/mol. The zero-order valence-electron chi connectivity index (χ0n) is 14.0. The Balaban J connectivity index is 2.08. The van der Waals surface area contributed by atoms with Crippen molar-refractivity contribution in [3.8, 4) is 0 Å². The van der Waals surface area contributed by atoms with Gasteiger partial charge in [-0.3, -0.25) is 9.69 Å². The van der Waals surface area contributed by atoms with E-state index in [0.717, 1.165) is 17.4 Å². The van der Waals surface area contributed by atoms with Gasteiger partial charge in [0.25, 0.3) is 0 Å². The molecule has 3 rings (SSSR count). The minimum atomic E-state index is -0.611. The van der Waals surface area contributed by atoms with Crippen molar-refractivity contribution in [1.82, 2.24) is 4.90 Å². The summed E-state index contributed by atoms with van der Waals surface area (Å²) in [6.45, 7) is 5.86. The highest BCUT2D eigenvalue weighted by Gasteiger charge is 2.38. The topological polar surface area (TPSA) is 46.6 Å². The zero-order valence-corrected chi connectivity index (χ0v) is 16.3. The molecule has 1 atom stereocenters. The molecule has 7 heteroatoms. The summed E-state index contributed by atoms with van der Waals surface area (Å²) in [6.07, 6.45) is 0.325. The summed E-state index contributed by atoms with van der Waals surface area (Å²) in [4.78, 5) is 26.0. The number of thiophene rings is 1. The van der Waals surface area contributed by atoms with Gasteiger partial charge in [-0.15, -0.1) is 11.3 Å². The number of nitrogens with zero attached hydrogens (tertiary/aromatic N) is 1. The van der Waals surface area contributed by atoms with Crippen LogP contribution >= 0.6 is 34.5 Å². The minimum Gasteiger partial charge on any atom is -0.444 e. The molecule has 1 aromatic heterocycles. The molecule has 0 fully saturated rings. The molecule has 0 saturated carbocycles. The molecule has 0 aliphatic carbocycles. The molecule has 0 spiro atoms. The van der Waals surface area contributed by atoms with Crippen LogP contribution in [0, 0.1) is 0 Å². The molecule has 2 heterocycles. The quantitative estimate of drug-likeness (QED) is 0.609. The maximum atomic E-state index is 12.7. The smallest absolute Gasteiger partial charge is 0.411 e. The summed E-state index contributed by atoms with van der Waals surface area (Å²) in [5.41, 5.74) is 1.98. The monoisotopic (exact) mass is 397 g/mol. The Morgan fingerprint density at radius 3 is 2.60 bits per heavy atom. The molecule has 1 aliphatic rings. The summed E-state index contributed by atoms with van der Waals surface area (Å²) >= 11 is 13.7. The van der Waals surface area contributed by atoms with E-state index in [0.29, 0.717) is 26.3 Å². The van der Waals surface area contributed by atoms with E-state index >= 15 is 0 Å². The Hall–Kier alpha value is -1.56. The van der Waals surface area contributed by atoms with Crippen LogP contribution in [0.25, 0.3) is 0 Å². The third kappa shape index (κ3) is 3.68. The Morgan fingerprint density at radius 1 is 1.28 bits per heavy atom. The molecular weight excluding hydrogens is 381 g/mol.